The minimum absolute atomic E-state index is 0.0779. The average Bonchev–Trinajstić information content (AvgIpc) is 2.78. The summed E-state index contributed by atoms with van der Waals surface area (Å²) in [6.07, 6.45) is 3.11. The van der Waals surface area contributed by atoms with Crippen molar-refractivity contribution in [3.63, 3.8) is 0 Å². The van der Waals surface area contributed by atoms with E-state index in [1.54, 1.807) is 30.3 Å². The third-order valence-electron chi connectivity index (χ3n) is 4.77. The van der Waals surface area contributed by atoms with E-state index in [4.69, 9.17) is 9.47 Å². The smallest absolute Gasteiger partial charge is 0.201 e. The van der Waals surface area contributed by atoms with Crippen molar-refractivity contribution in [3.8, 4) is 22.6 Å². The highest BCUT2D eigenvalue weighted by atomic mass is 19.2. The topological polar surface area (TPSA) is 18.5 Å². The molecule has 0 bridgehead atoms. The molecule has 0 aromatic heterocycles. The molecule has 0 radical (unpaired) electrons. The fourth-order valence-electron chi connectivity index (χ4n) is 2.97. The van der Waals surface area contributed by atoms with Crippen LogP contribution in [-0.4, -0.2) is 6.61 Å². The Labute approximate surface area is 178 Å². The van der Waals surface area contributed by atoms with Gasteiger partial charge in [-0.25, -0.2) is 13.2 Å². The molecule has 162 valence electrons. The second-order valence-corrected chi connectivity index (χ2v) is 7.00. The molecule has 31 heavy (non-hydrogen) atoms. The van der Waals surface area contributed by atoms with Crippen LogP contribution in [-0.2, 0) is 6.61 Å². The van der Waals surface area contributed by atoms with E-state index in [0.717, 1.165) is 6.42 Å². The maximum absolute atomic E-state index is 14.5. The fourth-order valence-corrected chi connectivity index (χ4v) is 2.97. The van der Waals surface area contributed by atoms with Gasteiger partial charge in [-0.1, -0.05) is 30.3 Å². The number of ether oxygens (including phenoxy) is 2. The van der Waals surface area contributed by atoms with Crippen LogP contribution in [0.3, 0.4) is 0 Å². The molecule has 0 heterocycles. The Hall–Kier alpha value is -3.28. The van der Waals surface area contributed by atoms with Crippen molar-refractivity contribution in [2.24, 2.45) is 0 Å². The summed E-state index contributed by atoms with van der Waals surface area (Å²) in [5.74, 6) is -3.66. The van der Waals surface area contributed by atoms with E-state index in [-0.39, 0.29) is 35.7 Å². The lowest BCUT2D eigenvalue weighted by Crippen LogP contribution is -2.02. The largest absolute Gasteiger partial charge is 0.490 e. The first-order valence-electron chi connectivity index (χ1n) is 9.80. The summed E-state index contributed by atoms with van der Waals surface area (Å²) >= 11 is 0. The molecule has 0 amide bonds. The minimum atomic E-state index is -1.05. The van der Waals surface area contributed by atoms with Gasteiger partial charge >= 0.3 is 0 Å². The number of hydrogen-bond donors (Lipinski definition) is 0. The zero-order chi connectivity index (χ0) is 22.4. The molecule has 0 fully saturated rings. The van der Waals surface area contributed by atoms with Gasteiger partial charge in [-0.2, -0.15) is 4.39 Å². The molecule has 0 atom stereocenters. The average molecular weight is 430 g/mol. The van der Waals surface area contributed by atoms with E-state index in [9.17, 15) is 17.6 Å². The van der Waals surface area contributed by atoms with Crippen molar-refractivity contribution in [3.05, 3.63) is 95.6 Å². The number of unbranched alkanes of at least 4 members (excludes halogenated alkanes) is 1. The monoisotopic (exact) mass is 430 g/mol. The van der Waals surface area contributed by atoms with Crippen LogP contribution in [0.1, 0.15) is 24.0 Å². The number of rotatable bonds is 9. The first-order chi connectivity index (χ1) is 14.9. The summed E-state index contributed by atoms with van der Waals surface area (Å²) in [6, 6.07) is 12.0. The number of allylic oxidation sites excluding steroid dienone is 1. The van der Waals surface area contributed by atoms with Crippen LogP contribution in [0.2, 0.25) is 0 Å². The second kappa shape index (κ2) is 10.2. The van der Waals surface area contributed by atoms with E-state index in [0.29, 0.717) is 17.7 Å². The van der Waals surface area contributed by atoms with Gasteiger partial charge in [0.25, 0.3) is 0 Å². The molecule has 0 aliphatic rings. The molecule has 0 unspecified atom stereocenters. The van der Waals surface area contributed by atoms with Crippen molar-refractivity contribution in [2.45, 2.75) is 26.4 Å². The van der Waals surface area contributed by atoms with Crippen LogP contribution < -0.4 is 9.47 Å². The van der Waals surface area contributed by atoms with Crippen molar-refractivity contribution in [2.75, 3.05) is 6.61 Å². The van der Waals surface area contributed by atoms with Gasteiger partial charge in [-0.05, 0) is 55.2 Å². The Balaban J connectivity index is 1.69. The predicted octanol–water partition coefficient (Wildman–Crippen LogP) is 7.14. The molecular weight excluding hydrogens is 408 g/mol. The molecule has 0 spiro atoms. The molecule has 0 saturated carbocycles. The van der Waals surface area contributed by atoms with Gasteiger partial charge in [0.2, 0.25) is 5.82 Å². The second-order valence-electron chi connectivity index (χ2n) is 7.00. The fraction of sp³-hybridized carbons (Fsp3) is 0.200. The lowest BCUT2D eigenvalue weighted by Gasteiger charge is -2.11. The highest BCUT2D eigenvalue weighted by Gasteiger charge is 2.16. The Morgan fingerprint density at radius 2 is 1.55 bits per heavy atom. The van der Waals surface area contributed by atoms with Gasteiger partial charge in [0, 0.05) is 11.1 Å². The van der Waals surface area contributed by atoms with Gasteiger partial charge in [-0.3, -0.25) is 0 Å². The lowest BCUT2D eigenvalue weighted by molar-refractivity contribution is 0.291. The Kier molecular flexibility index (Phi) is 7.34. The summed E-state index contributed by atoms with van der Waals surface area (Å²) < 4.78 is 67.2. The van der Waals surface area contributed by atoms with Gasteiger partial charge in [0.05, 0.1) is 6.61 Å². The summed E-state index contributed by atoms with van der Waals surface area (Å²) in [4.78, 5) is 0. The van der Waals surface area contributed by atoms with Crippen molar-refractivity contribution in [1.29, 1.82) is 0 Å². The molecule has 3 aromatic carbocycles. The van der Waals surface area contributed by atoms with Crippen molar-refractivity contribution < 1.29 is 27.0 Å². The van der Waals surface area contributed by atoms with Crippen LogP contribution in [0.4, 0.5) is 17.6 Å². The number of aryl methyl sites for hydroxylation is 1. The number of benzene rings is 3. The third-order valence-corrected chi connectivity index (χ3v) is 4.77. The molecule has 0 aliphatic heterocycles. The summed E-state index contributed by atoms with van der Waals surface area (Å²) in [5.41, 5.74) is 0.820. The van der Waals surface area contributed by atoms with Gasteiger partial charge in [0.1, 0.15) is 12.4 Å². The van der Waals surface area contributed by atoms with Crippen LogP contribution in [0, 0.1) is 30.2 Å². The first-order valence-corrected chi connectivity index (χ1v) is 9.80. The first kappa shape index (κ1) is 22.4. The Bertz CT molecular complexity index is 1060. The molecule has 6 heteroatoms. The molecule has 0 saturated heterocycles. The zero-order valence-corrected chi connectivity index (χ0v) is 17.1. The molecule has 0 N–H and O–H groups in total. The standard InChI is InChI=1S/C25H22F4O2/c1-3-4-5-14-30-21-13-12-20(24(28)25(21)29)17-8-10-19(11-9-17)31-15-18-7-6-16(2)22(26)23(18)27/h3,6-13H,1,4-5,14-15H2,2H3. The van der Waals surface area contributed by atoms with Crippen LogP contribution >= 0.6 is 0 Å². The molecule has 3 rings (SSSR count). The summed E-state index contributed by atoms with van der Waals surface area (Å²) in [5, 5.41) is 0. The van der Waals surface area contributed by atoms with E-state index >= 15 is 0 Å². The maximum atomic E-state index is 14.5. The van der Waals surface area contributed by atoms with E-state index in [1.807, 2.05) is 0 Å². The normalized spacial score (nSPS) is 10.7. The summed E-state index contributed by atoms with van der Waals surface area (Å²) in [6.45, 7) is 5.17. The van der Waals surface area contributed by atoms with E-state index < -0.39 is 23.3 Å². The van der Waals surface area contributed by atoms with E-state index in [2.05, 4.69) is 6.58 Å². The van der Waals surface area contributed by atoms with Gasteiger partial charge < -0.3 is 9.47 Å². The molecule has 0 aliphatic carbocycles. The van der Waals surface area contributed by atoms with Crippen LogP contribution in [0.15, 0.2) is 61.2 Å². The van der Waals surface area contributed by atoms with Crippen LogP contribution in [0.5, 0.6) is 11.5 Å². The molecule has 3 aromatic rings. The highest BCUT2D eigenvalue weighted by molar-refractivity contribution is 5.66. The highest BCUT2D eigenvalue weighted by Crippen LogP contribution is 2.31. The molecule has 2 nitrogen and oxygen atoms in total. The zero-order valence-electron chi connectivity index (χ0n) is 17.1. The number of halogens is 4. The maximum Gasteiger partial charge on any atom is 0.201 e. The van der Waals surface area contributed by atoms with Gasteiger partial charge in [0.15, 0.2) is 23.2 Å². The van der Waals surface area contributed by atoms with Crippen molar-refractivity contribution >= 4 is 0 Å². The van der Waals surface area contributed by atoms with Crippen LogP contribution in [0.25, 0.3) is 11.1 Å². The quantitative estimate of drug-likeness (QED) is 0.204. The SMILES string of the molecule is C=CCCCOc1ccc(-c2ccc(OCc3ccc(C)c(F)c3F)cc2)c(F)c1F. The van der Waals surface area contributed by atoms with Gasteiger partial charge in [-0.15, -0.1) is 6.58 Å². The van der Waals surface area contributed by atoms with E-state index in [1.165, 1.54) is 31.2 Å². The third kappa shape index (κ3) is 5.26. The lowest BCUT2D eigenvalue weighted by atomic mass is 10.0. The molecular formula is C25H22F4O2. The summed E-state index contributed by atoms with van der Waals surface area (Å²) in [7, 11) is 0. The van der Waals surface area contributed by atoms with Crippen molar-refractivity contribution in [1.82, 2.24) is 0 Å². The Morgan fingerprint density at radius 1 is 0.806 bits per heavy atom. The predicted molar refractivity (Wildman–Crippen MR) is 112 cm³/mol. The minimum Gasteiger partial charge on any atom is -0.490 e. The number of hydrogen-bond acceptors (Lipinski definition) is 2. The Morgan fingerprint density at radius 3 is 2.26 bits per heavy atom.